The molecule has 0 bridgehead atoms. The van der Waals surface area contributed by atoms with Crippen molar-refractivity contribution in [1.29, 1.82) is 0 Å². The van der Waals surface area contributed by atoms with Gasteiger partial charge < -0.3 is 4.90 Å². The second kappa shape index (κ2) is 7.47. The molecule has 3 aromatic carbocycles. The fraction of sp³-hybridized carbons (Fsp3) is 0.280. The van der Waals surface area contributed by atoms with E-state index < -0.39 is 0 Å². The van der Waals surface area contributed by atoms with E-state index in [-0.39, 0.29) is 0 Å². The van der Waals surface area contributed by atoms with Crippen LogP contribution in [-0.4, -0.2) is 25.0 Å². The predicted molar refractivity (Wildman–Crippen MR) is 110 cm³/mol. The highest BCUT2D eigenvalue weighted by molar-refractivity contribution is 5.39. The summed E-state index contributed by atoms with van der Waals surface area (Å²) in [6, 6.07) is 29.5. The standard InChI is InChI=1S/C25H27N/c1-26(2)25-18-22-10-6-7-11-23(22)24(25)17-21-14-12-20(13-15-21)16-19-8-4-3-5-9-19/h3-15,24-25H,16-18H2,1-2H3/t24-,25-/m1/s1. The molecule has 0 N–H and O–H groups in total. The lowest BCUT2D eigenvalue weighted by molar-refractivity contribution is 0.265. The maximum absolute atomic E-state index is 2.40. The van der Waals surface area contributed by atoms with Gasteiger partial charge in [-0.3, -0.25) is 0 Å². The van der Waals surface area contributed by atoms with Crippen LogP contribution in [-0.2, 0) is 19.3 Å². The van der Waals surface area contributed by atoms with E-state index in [4.69, 9.17) is 0 Å². The highest BCUT2D eigenvalue weighted by Crippen LogP contribution is 2.37. The zero-order chi connectivity index (χ0) is 17.9. The number of likely N-dealkylation sites (N-methyl/N-ethyl adjacent to an activating group) is 1. The van der Waals surface area contributed by atoms with Gasteiger partial charge in [-0.1, -0.05) is 78.9 Å². The van der Waals surface area contributed by atoms with Crippen LogP contribution in [0.1, 0.15) is 33.7 Å². The number of nitrogens with zero attached hydrogens (tertiary/aromatic N) is 1. The van der Waals surface area contributed by atoms with Gasteiger partial charge in [0.15, 0.2) is 0 Å². The molecule has 0 aromatic heterocycles. The Morgan fingerprint density at radius 1 is 0.731 bits per heavy atom. The van der Waals surface area contributed by atoms with Crippen molar-refractivity contribution in [2.24, 2.45) is 0 Å². The molecule has 0 aliphatic heterocycles. The molecule has 2 atom stereocenters. The van der Waals surface area contributed by atoms with Gasteiger partial charge in [-0.2, -0.15) is 0 Å². The zero-order valence-corrected chi connectivity index (χ0v) is 15.7. The molecule has 0 radical (unpaired) electrons. The highest BCUT2D eigenvalue weighted by atomic mass is 15.1. The molecule has 4 rings (SSSR count). The molecule has 0 saturated carbocycles. The van der Waals surface area contributed by atoms with Gasteiger partial charge in [0, 0.05) is 12.0 Å². The first kappa shape index (κ1) is 17.1. The van der Waals surface area contributed by atoms with Crippen LogP contribution in [0.2, 0.25) is 0 Å². The first-order chi connectivity index (χ1) is 12.7. The van der Waals surface area contributed by atoms with Crippen molar-refractivity contribution >= 4 is 0 Å². The van der Waals surface area contributed by atoms with Crippen molar-refractivity contribution in [2.75, 3.05) is 14.1 Å². The predicted octanol–water partition coefficient (Wildman–Crippen LogP) is 5.09. The van der Waals surface area contributed by atoms with Crippen LogP contribution in [0.5, 0.6) is 0 Å². The average Bonchev–Trinajstić information content (AvgIpc) is 3.03. The van der Waals surface area contributed by atoms with Crippen LogP contribution in [0.4, 0.5) is 0 Å². The molecule has 0 amide bonds. The summed E-state index contributed by atoms with van der Waals surface area (Å²) in [7, 11) is 4.43. The van der Waals surface area contributed by atoms with Gasteiger partial charge in [-0.05, 0) is 61.2 Å². The fourth-order valence-corrected chi connectivity index (χ4v) is 4.32. The maximum atomic E-state index is 2.40. The summed E-state index contributed by atoms with van der Waals surface area (Å²) in [5.74, 6) is 0.584. The number of hydrogen-bond donors (Lipinski definition) is 0. The van der Waals surface area contributed by atoms with E-state index in [1.807, 2.05) is 0 Å². The highest BCUT2D eigenvalue weighted by Gasteiger charge is 2.33. The van der Waals surface area contributed by atoms with Gasteiger partial charge >= 0.3 is 0 Å². The minimum absolute atomic E-state index is 0.584. The molecule has 1 nitrogen and oxygen atoms in total. The molecule has 3 aromatic rings. The van der Waals surface area contributed by atoms with Crippen LogP contribution in [0.15, 0.2) is 78.9 Å². The Morgan fingerprint density at radius 2 is 1.35 bits per heavy atom. The van der Waals surface area contributed by atoms with Gasteiger partial charge in [0.1, 0.15) is 0 Å². The van der Waals surface area contributed by atoms with Gasteiger partial charge in [-0.25, -0.2) is 0 Å². The van der Waals surface area contributed by atoms with E-state index >= 15 is 0 Å². The monoisotopic (exact) mass is 341 g/mol. The molecule has 0 heterocycles. The molecular weight excluding hydrogens is 314 g/mol. The van der Waals surface area contributed by atoms with Crippen molar-refractivity contribution in [3.05, 3.63) is 107 Å². The normalized spacial score (nSPS) is 18.9. The quantitative estimate of drug-likeness (QED) is 0.625. The van der Waals surface area contributed by atoms with E-state index in [1.165, 1.54) is 28.7 Å². The van der Waals surface area contributed by atoms with E-state index in [0.717, 1.165) is 12.8 Å². The molecule has 1 aliphatic carbocycles. The third-order valence-corrected chi connectivity index (χ3v) is 5.74. The smallest absolute Gasteiger partial charge is 0.0202 e. The average molecular weight is 341 g/mol. The van der Waals surface area contributed by atoms with Crippen LogP contribution < -0.4 is 0 Å². The molecular formula is C25H27N. The Labute approximate surface area is 157 Å². The van der Waals surface area contributed by atoms with Gasteiger partial charge in [0.05, 0.1) is 0 Å². The van der Waals surface area contributed by atoms with Gasteiger partial charge in [-0.15, -0.1) is 0 Å². The van der Waals surface area contributed by atoms with E-state index in [9.17, 15) is 0 Å². The first-order valence-electron chi connectivity index (χ1n) is 9.56. The van der Waals surface area contributed by atoms with Gasteiger partial charge in [0.25, 0.3) is 0 Å². The Morgan fingerprint density at radius 3 is 2.08 bits per heavy atom. The molecule has 1 heteroatoms. The third-order valence-electron chi connectivity index (χ3n) is 5.74. The van der Waals surface area contributed by atoms with Crippen molar-refractivity contribution in [3.8, 4) is 0 Å². The second-order valence-electron chi connectivity index (χ2n) is 7.72. The maximum Gasteiger partial charge on any atom is 0.0202 e. The Bertz CT molecular complexity index is 849. The second-order valence-corrected chi connectivity index (χ2v) is 7.72. The van der Waals surface area contributed by atoms with Crippen LogP contribution >= 0.6 is 0 Å². The van der Waals surface area contributed by atoms with Gasteiger partial charge in [0.2, 0.25) is 0 Å². The fourth-order valence-electron chi connectivity index (χ4n) is 4.32. The summed E-state index contributed by atoms with van der Waals surface area (Å²) >= 11 is 0. The van der Waals surface area contributed by atoms with Crippen LogP contribution in [0.3, 0.4) is 0 Å². The van der Waals surface area contributed by atoms with Crippen molar-refractivity contribution in [1.82, 2.24) is 4.90 Å². The lowest BCUT2D eigenvalue weighted by Gasteiger charge is -2.27. The Kier molecular flexibility index (Phi) is 4.90. The number of benzene rings is 3. The molecule has 0 fully saturated rings. The SMILES string of the molecule is CN(C)[C@@H]1Cc2ccccc2[C@H]1Cc1ccc(Cc2ccccc2)cc1. The summed E-state index contributed by atoms with van der Waals surface area (Å²) in [5.41, 5.74) is 7.26. The van der Waals surface area contributed by atoms with E-state index in [2.05, 4.69) is 97.9 Å². The molecule has 0 unspecified atom stereocenters. The number of hydrogen-bond acceptors (Lipinski definition) is 1. The minimum Gasteiger partial charge on any atom is -0.305 e. The van der Waals surface area contributed by atoms with Crippen LogP contribution in [0.25, 0.3) is 0 Å². The van der Waals surface area contributed by atoms with E-state index in [1.54, 1.807) is 5.56 Å². The molecule has 26 heavy (non-hydrogen) atoms. The molecule has 0 spiro atoms. The summed E-state index contributed by atoms with van der Waals surface area (Å²) in [6.45, 7) is 0. The Balaban J connectivity index is 1.51. The first-order valence-corrected chi connectivity index (χ1v) is 9.56. The topological polar surface area (TPSA) is 3.24 Å². The zero-order valence-electron chi connectivity index (χ0n) is 15.7. The number of rotatable bonds is 5. The molecule has 0 saturated heterocycles. The Hall–Kier alpha value is -2.38. The lowest BCUT2D eigenvalue weighted by Crippen LogP contribution is -2.32. The summed E-state index contributed by atoms with van der Waals surface area (Å²) in [4.78, 5) is 2.40. The van der Waals surface area contributed by atoms with Crippen molar-refractivity contribution < 1.29 is 0 Å². The largest absolute Gasteiger partial charge is 0.305 e. The lowest BCUT2D eigenvalue weighted by atomic mass is 9.90. The van der Waals surface area contributed by atoms with Crippen molar-refractivity contribution in [2.45, 2.75) is 31.2 Å². The minimum atomic E-state index is 0.584. The van der Waals surface area contributed by atoms with E-state index in [0.29, 0.717) is 12.0 Å². The summed E-state index contributed by atoms with van der Waals surface area (Å²) in [5, 5.41) is 0. The van der Waals surface area contributed by atoms with Crippen molar-refractivity contribution in [3.63, 3.8) is 0 Å². The molecule has 132 valence electrons. The molecule has 1 aliphatic rings. The van der Waals surface area contributed by atoms with Crippen LogP contribution in [0, 0.1) is 0 Å². The number of fused-ring (bicyclic) bond motifs is 1. The summed E-state index contributed by atoms with van der Waals surface area (Å²) < 4.78 is 0. The summed E-state index contributed by atoms with van der Waals surface area (Å²) in [6.07, 6.45) is 3.29. The third kappa shape index (κ3) is 3.59.